The molecule has 0 saturated carbocycles. The fourth-order valence-electron chi connectivity index (χ4n) is 1.12. The number of thioether (sulfide) groups is 1. The molecule has 0 aliphatic rings. The molecule has 7 nitrogen and oxygen atoms in total. The van der Waals surface area contributed by atoms with Crippen molar-refractivity contribution in [1.82, 2.24) is 4.98 Å². The molecule has 18 heavy (non-hydrogen) atoms. The lowest BCUT2D eigenvalue weighted by molar-refractivity contribution is -0.136. The summed E-state index contributed by atoms with van der Waals surface area (Å²) in [5.74, 6) is -2.68. The van der Waals surface area contributed by atoms with Crippen molar-refractivity contribution < 1.29 is 25.0 Å². The molecule has 9 heteroatoms. The summed E-state index contributed by atoms with van der Waals surface area (Å²) in [7, 11) is 0. The monoisotopic (exact) mass is 290 g/mol. The lowest BCUT2D eigenvalue weighted by atomic mass is 10.3. The molecular formula is C9H10N2O5S2. The van der Waals surface area contributed by atoms with E-state index < -0.39 is 22.9 Å². The molecule has 0 aliphatic carbocycles. The molecule has 1 atom stereocenters. The fourth-order valence-corrected chi connectivity index (χ4v) is 3.23. The van der Waals surface area contributed by atoms with Gasteiger partial charge in [0.1, 0.15) is 5.25 Å². The third kappa shape index (κ3) is 3.44. The number of aliphatic carboxylic acids is 2. The number of carboxylic acids is 2. The van der Waals surface area contributed by atoms with E-state index in [1.54, 1.807) is 6.92 Å². The van der Waals surface area contributed by atoms with Crippen LogP contribution in [0.3, 0.4) is 0 Å². The van der Waals surface area contributed by atoms with Crippen molar-refractivity contribution >= 4 is 40.7 Å². The van der Waals surface area contributed by atoms with Crippen molar-refractivity contribution in [1.29, 1.82) is 0 Å². The van der Waals surface area contributed by atoms with Gasteiger partial charge in [0.25, 0.3) is 0 Å². The quantitative estimate of drug-likeness (QED) is 0.409. The second-order valence-electron chi connectivity index (χ2n) is 3.18. The zero-order valence-electron chi connectivity index (χ0n) is 9.23. The zero-order valence-corrected chi connectivity index (χ0v) is 10.9. The Bertz CT molecular complexity index is 485. The molecule has 0 saturated heterocycles. The largest absolute Gasteiger partial charge is 0.480 e. The predicted octanol–water partition coefficient (Wildman–Crippen LogP) is 1.23. The van der Waals surface area contributed by atoms with E-state index >= 15 is 0 Å². The van der Waals surface area contributed by atoms with E-state index in [2.05, 4.69) is 10.1 Å². The minimum absolute atomic E-state index is 0.208. The smallest absolute Gasteiger partial charge is 0.354 e. The Labute approximate surface area is 110 Å². The topological polar surface area (TPSA) is 120 Å². The Kier molecular flexibility index (Phi) is 5.10. The molecule has 0 spiro atoms. The molecule has 0 aliphatic heterocycles. The van der Waals surface area contributed by atoms with Gasteiger partial charge in [0, 0.05) is 5.75 Å². The minimum atomic E-state index is -1.38. The summed E-state index contributed by atoms with van der Waals surface area (Å²) in [6.07, 6.45) is 0. The van der Waals surface area contributed by atoms with Crippen LogP contribution in [0.4, 0.5) is 0 Å². The first-order chi connectivity index (χ1) is 8.47. The van der Waals surface area contributed by atoms with Gasteiger partial charge in [-0.3, -0.25) is 4.79 Å². The first-order valence-electron chi connectivity index (χ1n) is 4.66. The van der Waals surface area contributed by atoms with Crippen LogP contribution in [0.1, 0.15) is 15.8 Å². The van der Waals surface area contributed by atoms with E-state index in [9.17, 15) is 9.59 Å². The van der Waals surface area contributed by atoms with Gasteiger partial charge in [0.2, 0.25) is 0 Å². The number of oxime groups is 1. The number of thiazole rings is 1. The number of hydrogen-bond acceptors (Lipinski definition) is 7. The van der Waals surface area contributed by atoms with E-state index in [4.69, 9.17) is 15.4 Å². The van der Waals surface area contributed by atoms with Gasteiger partial charge in [-0.2, -0.15) is 0 Å². The Morgan fingerprint density at radius 3 is 2.61 bits per heavy atom. The van der Waals surface area contributed by atoms with Crippen molar-refractivity contribution in [2.75, 3.05) is 5.75 Å². The van der Waals surface area contributed by atoms with Crippen LogP contribution >= 0.6 is 23.1 Å². The zero-order chi connectivity index (χ0) is 13.7. The van der Waals surface area contributed by atoms with Crippen LogP contribution in [0.2, 0.25) is 0 Å². The van der Waals surface area contributed by atoms with Crippen LogP contribution in [-0.2, 0) is 9.59 Å². The van der Waals surface area contributed by atoms with E-state index in [0.717, 1.165) is 11.8 Å². The molecule has 1 heterocycles. The summed E-state index contributed by atoms with van der Waals surface area (Å²) in [6, 6.07) is 0. The first kappa shape index (κ1) is 14.5. The van der Waals surface area contributed by atoms with Crippen LogP contribution in [0.5, 0.6) is 0 Å². The van der Waals surface area contributed by atoms with E-state index in [-0.39, 0.29) is 5.75 Å². The maximum absolute atomic E-state index is 11.1. The Balaban J connectivity index is 2.81. The Hall–Kier alpha value is -1.61. The lowest BCUT2D eigenvalue weighted by Gasteiger charge is -2.10. The SMILES string of the molecule is Cc1ncsc1C(SCC(=NO)C(=O)O)C(=O)O. The molecule has 3 N–H and O–H groups in total. The van der Waals surface area contributed by atoms with Gasteiger partial charge in [-0.15, -0.1) is 23.1 Å². The molecule has 1 aromatic rings. The lowest BCUT2D eigenvalue weighted by Crippen LogP contribution is -2.18. The molecule has 0 amide bonds. The van der Waals surface area contributed by atoms with Gasteiger partial charge < -0.3 is 15.4 Å². The second kappa shape index (κ2) is 6.36. The van der Waals surface area contributed by atoms with Crippen LogP contribution in [0.15, 0.2) is 10.7 Å². The molecule has 0 aromatic carbocycles. The molecule has 1 aromatic heterocycles. The number of nitrogens with zero attached hydrogens (tertiary/aromatic N) is 2. The fraction of sp³-hybridized carbons (Fsp3) is 0.333. The maximum atomic E-state index is 11.1. The van der Waals surface area contributed by atoms with Gasteiger partial charge >= 0.3 is 11.9 Å². The average Bonchev–Trinajstić information content (AvgIpc) is 2.70. The van der Waals surface area contributed by atoms with Crippen molar-refractivity contribution in [3.05, 3.63) is 16.1 Å². The minimum Gasteiger partial charge on any atom is -0.480 e. The number of aryl methyl sites for hydroxylation is 1. The molecule has 0 radical (unpaired) electrons. The van der Waals surface area contributed by atoms with Gasteiger partial charge in [0.15, 0.2) is 5.71 Å². The van der Waals surface area contributed by atoms with E-state index in [1.807, 2.05) is 0 Å². The van der Waals surface area contributed by atoms with Crippen LogP contribution in [-0.4, -0.2) is 43.8 Å². The highest BCUT2D eigenvalue weighted by Crippen LogP contribution is 2.33. The van der Waals surface area contributed by atoms with Gasteiger partial charge in [-0.1, -0.05) is 5.16 Å². The highest BCUT2D eigenvalue weighted by molar-refractivity contribution is 8.01. The van der Waals surface area contributed by atoms with Crippen LogP contribution in [0.25, 0.3) is 0 Å². The molecule has 98 valence electrons. The number of carbonyl (C=O) groups is 2. The Morgan fingerprint density at radius 2 is 2.22 bits per heavy atom. The standard InChI is InChI=1S/C9H10N2O5S2/c1-4-6(18-3-10-4)7(9(14)15)17-2-5(11-16)8(12)13/h3,7,16H,2H2,1H3,(H,12,13)(H,14,15). The van der Waals surface area contributed by atoms with Crippen molar-refractivity contribution in [3.63, 3.8) is 0 Å². The van der Waals surface area contributed by atoms with Crippen LogP contribution < -0.4 is 0 Å². The first-order valence-corrected chi connectivity index (χ1v) is 6.58. The third-order valence-corrected chi connectivity index (χ3v) is 4.36. The summed E-state index contributed by atoms with van der Waals surface area (Å²) in [4.78, 5) is 26.2. The average molecular weight is 290 g/mol. The molecule has 1 rings (SSSR count). The van der Waals surface area contributed by atoms with Gasteiger partial charge in [-0.25, -0.2) is 9.78 Å². The highest BCUT2D eigenvalue weighted by atomic mass is 32.2. The number of rotatable bonds is 6. The second-order valence-corrected chi connectivity index (χ2v) is 5.16. The summed E-state index contributed by atoms with van der Waals surface area (Å²) in [5.41, 5.74) is 1.63. The van der Waals surface area contributed by atoms with Crippen molar-refractivity contribution in [3.8, 4) is 0 Å². The van der Waals surface area contributed by atoms with E-state index in [0.29, 0.717) is 10.6 Å². The van der Waals surface area contributed by atoms with Crippen molar-refractivity contribution in [2.45, 2.75) is 12.2 Å². The molecular weight excluding hydrogens is 280 g/mol. The van der Waals surface area contributed by atoms with Crippen LogP contribution in [0, 0.1) is 6.92 Å². The summed E-state index contributed by atoms with van der Waals surface area (Å²) < 4.78 is 0. The summed E-state index contributed by atoms with van der Waals surface area (Å²) in [5, 5.41) is 27.9. The predicted molar refractivity (Wildman–Crippen MR) is 66.5 cm³/mol. The Morgan fingerprint density at radius 1 is 1.56 bits per heavy atom. The third-order valence-electron chi connectivity index (χ3n) is 2.00. The molecule has 1 unspecified atom stereocenters. The van der Waals surface area contributed by atoms with Gasteiger partial charge in [-0.05, 0) is 6.92 Å². The van der Waals surface area contributed by atoms with Crippen molar-refractivity contribution in [2.24, 2.45) is 5.16 Å². The normalized spacial score (nSPS) is 13.3. The number of carboxylic acid groups (broad SMARTS) is 2. The number of aromatic nitrogens is 1. The summed E-state index contributed by atoms with van der Waals surface area (Å²) in [6.45, 7) is 1.68. The van der Waals surface area contributed by atoms with Gasteiger partial charge in [0.05, 0.1) is 16.1 Å². The molecule has 0 bridgehead atoms. The highest BCUT2D eigenvalue weighted by Gasteiger charge is 2.26. The number of hydrogen-bond donors (Lipinski definition) is 3. The van der Waals surface area contributed by atoms with E-state index in [1.165, 1.54) is 16.8 Å². The maximum Gasteiger partial charge on any atom is 0.354 e. The summed E-state index contributed by atoms with van der Waals surface area (Å²) >= 11 is 2.05. The molecule has 0 fully saturated rings.